The van der Waals surface area contributed by atoms with Gasteiger partial charge in [0.25, 0.3) is 5.91 Å². The van der Waals surface area contributed by atoms with Gasteiger partial charge in [-0.1, -0.05) is 0 Å². The van der Waals surface area contributed by atoms with Crippen LogP contribution in [0, 0.1) is 5.82 Å². The lowest BCUT2D eigenvalue weighted by Gasteiger charge is -2.37. The molecule has 2 heterocycles. The van der Waals surface area contributed by atoms with Crippen molar-refractivity contribution in [3.05, 3.63) is 72.2 Å². The topological polar surface area (TPSA) is 99.7 Å². The van der Waals surface area contributed by atoms with E-state index in [1.54, 1.807) is 60.6 Å². The van der Waals surface area contributed by atoms with Crippen LogP contribution in [0.1, 0.15) is 44.0 Å². The SMILES string of the molecule is CN(C(=O)OC(C)(C)C)C1CCN(C(=O)c2ccc(Nc3nccc(Nc4ccc(F)cc4)n3)cc2)CC1. The number of ether oxygens (including phenoxy) is 1. The normalized spacial score (nSPS) is 14.1. The fourth-order valence-electron chi connectivity index (χ4n) is 4.12. The Kier molecular flexibility index (Phi) is 8.09. The Morgan fingerprint density at radius 1 is 0.974 bits per heavy atom. The molecule has 0 unspecified atom stereocenters. The standard InChI is InChI=1S/C28H33FN6O3/c1-28(2,3)38-27(37)34(4)23-14-17-35(18-15-23)25(36)19-5-9-22(10-6-19)32-26-30-16-13-24(33-26)31-21-11-7-20(29)8-12-21/h5-13,16,23H,14-15,17-18H2,1-4H3,(H2,30,31,32,33). The van der Waals surface area contributed by atoms with Crippen LogP contribution in [0.25, 0.3) is 0 Å². The van der Waals surface area contributed by atoms with E-state index in [1.165, 1.54) is 12.1 Å². The van der Waals surface area contributed by atoms with Gasteiger partial charge in [-0.05, 0) is 88.2 Å². The van der Waals surface area contributed by atoms with Gasteiger partial charge in [0.2, 0.25) is 5.95 Å². The molecule has 3 aromatic rings. The summed E-state index contributed by atoms with van der Waals surface area (Å²) < 4.78 is 18.6. The molecule has 0 radical (unpaired) electrons. The first-order valence-corrected chi connectivity index (χ1v) is 12.6. The number of carbonyl (C=O) groups excluding carboxylic acids is 2. The van der Waals surface area contributed by atoms with Gasteiger partial charge in [0.15, 0.2) is 0 Å². The Morgan fingerprint density at radius 2 is 1.58 bits per heavy atom. The number of piperidine rings is 1. The minimum absolute atomic E-state index is 0.0359. The van der Waals surface area contributed by atoms with Gasteiger partial charge in [0, 0.05) is 49.3 Å². The van der Waals surface area contributed by atoms with Crippen molar-refractivity contribution < 1.29 is 18.7 Å². The number of carbonyl (C=O) groups is 2. The molecule has 0 spiro atoms. The summed E-state index contributed by atoms with van der Waals surface area (Å²) in [6.07, 6.45) is 2.66. The van der Waals surface area contributed by atoms with Crippen molar-refractivity contribution >= 4 is 35.1 Å². The molecule has 1 aliphatic heterocycles. The van der Waals surface area contributed by atoms with E-state index in [-0.39, 0.29) is 23.9 Å². The molecule has 1 fully saturated rings. The van der Waals surface area contributed by atoms with Crippen LogP contribution in [-0.4, -0.2) is 63.5 Å². The molecule has 4 rings (SSSR count). The van der Waals surface area contributed by atoms with E-state index in [9.17, 15) is 14.0 Å². The third-order valence-electron chi connectivity index (χ3n) is 6.14. The summed E-state index contributed by atoms with van der Waals surface area (Å²) in [6, 6.07) is 14.9. The predicted molar refractivity (Wildman–Crippen MR) is 144 cm³/mol. The first-order chi connectivity index (χ1) is 18.1. The van der Waals surface area contributed by atoms with Gasteiger partial charge in [-0.25, -0.2) is 14.2 Å². The smallest absolute Gasteiger partial charge is 0.410 e. The minimum atomic E-state index is -0.543. The zero-order chi connectivity index (χ0) is 27.3. The second-order valence-corrected chi connectivity index (χ2v) is 10.2. The molecule has 0 aliphatic carbocycles. The van der Waals surface area contributed by atoms with Crippen LogP contribution >= 0.6 is 0 Å². The van der Waals surface area contributed by atoms with Gasteiger partial charge in [0.1, 0.15) is 17.2 Å². The van der Waals surface area contributed by atoms with Crippen LogP contribution in [0.3, 0.4) is 0 Å². The number of halogens is 1. The summed E-state index contributed by atoms with van der Waals surface area (Å²) in [5, 5.41) is 6.24. The van der Waals surface area contributed by atoms with Crippen LogP contribution in [0.2, 0.25) is 0 Å². The van der Waals surface area contributed by atoms with Crippen LogP contribution in [0.5, 0.6) is 0 Å². The maximum Gasteiger partial charge on any atom is 0.410 e. The van der Waals surface area contributed by atoms with Crippen LogP contribution in [-0.2, 0) is 4.74 Å². The Hall–Kier alpha value is -4.21. The largest absolute Gasteiger partial charge is 0.444 e. The summed E-state index contributed by atoms with van der Waals surface area (Å²) in [5.74, 6) is 0.587. The van der Waals surface area contributed by atoms with Crippen molar-refractivity contribution in [1.29, 1.82) is 0 Å². The summed E-state index contributed by atoms with van der Waals surface area (Å²) in [7, 11) is 1.75. The number of nitrogens with one attached hydrogen (secondary N) is 2. The summed E-state index contributed by atoms with van der Waals surface area (Å²) in [6.45, 7) is 6.67. The number of hydrogen-bond donors (Lipinski definition) is 2. The molecule has 1 aromatic heterocycles. The van der Waals surface area contributed by atoms with Gasteiger partial charge < -0.3 is 25.2 Å². The Morgan fingerprint density at radius 3 is 2.21 bits per heavy atom. The van der Waals surface area contributed by atoms with Gasteiger partial charge in [-0.15, -0.1) is 0 Å². The third kappa shape index (κ3) is 7.18. The molecular weight excluding hydrogens is 487 g/mol. The molecule has 2 amide bonds. The number of nitrogens with zero attached hydrogens (tertiary/aromatic N) is 4. The Bertz CT molecular complexity index is 1250. The Balaban J connectivity index is 1.30. The lowest BCUT2D eigenvalue weighted by molar-refractivity contribution is 0.0156. The van der Waals surface area contributed by atoms with Crippen LogP contribution in [0.4, 0.5) is 32.3 Å². The van der Waals surface area contributed by atoms with Crippen molar-refractivity contribution in [3.63, 3.8) is 0 Å². The third-order valence-corrected chi connectivity index (χ3v) is 6.14. The predicted octanol–water partition coefficient (Wildman–Crippen LogP) is 5.57. The molecule has 0 bridgehead atoms. The number of anilines is 4. The molecule has 0 saturated carbocycles. The minimum Gasteiger partial charge on any atom is -0.444 e. The molecule has 0 atom stereocenters. The molecule has 2 aromatic carbocycles. The number of aromatic nitrogens is 2. The molecular formula is C28H33FN6O3. The number of hydrogen-bond acceptors (Lipinski definition) is 7. The highest BCUT2D eigenvalue weighted by Crippen LogP contribution is 2.22. The maximum absolute atomic E-state index is 13.1. The zero-order valence-corrected chi connectivity index (χ0v) is 22.1. The molecule has 9 nitrogen and oxygen atoms in total. The second kappa shape index (κ2) is 11.5. The fraction of sp³-hybridized carbons (Fsp3) is 0.357. The maximum atomic E-state index is 13.1. The highest BCUT2D eigenvalue weighted by atomic mass is 19.1. The zero-order valence-electron chi connectivity index (χ0n) is 22.1. The first kappa shape index (κ1) is 26.8. The first-order valence-electron chi connectivity index (χ1n) is 12.6. The van der Waals surface area contributed by atoms with Crippen molar-refractivity contribution in [2.75, 3.05) is 30.8 Å². The average molecular weight is 521 g/mol. The lowest BCUT2D eigenvalue weighted by atomic mass is 10.0. The lowest BCUT2D eigenvalue weighted by Crippen LogP contribution is -2.48. The highest BCUT2D eigenvalue weighted by Gasteiger charge is 2.30. The molecule has 38 heavy (non-hydrogen) atoms. The van der Waals surface area contributed by atoms with Gasteiger partial charge in [-0.2, -0.15) is 4.98 Å². The number of amides is 2. The molecule has 1 saturated heterocycles. The number of rotatable bonds is 6. The van der Waals surface area contributed by atoms with E-state index < -0.39 is 5.60 Å². The number of likely N-dealkylation sites (tertiary alicyclic amines) is 1. The Labute approximate surface area is 222 Å². The molecule has 2 N–H and O–H groups in total. The van der Waals surface area contributed by atoms with Crippen molar-refractivity contribution in [3.8, 4) is 0 Å². The van der Waals surface area contributed by atoms with Crippen molar-refractivity contribution in [1.82, 2.24) is 19.8 Å². The quantitative estimate of drug-likeness (QED) is 0.438. The van der Waals surface area contributed by atoms with Crippen molar-refractivity contribution in [2.24, 2.45) is 0 Å². The molecule has 10 heteroatoms. The van der Waals surface area contributed by atoms with Crippen LogP contribution < -0.4 is 10.6 Å². The van der Waals surface area contributed by atoms with E-state index in [1.807, 2.05) is 25.7 Å². The van der Waals surface area contributed by atoms with Crippen LogP contribution in [0.15, 0.2) is 60.8 Å². The fourth-order valence-corrected chi connectivity index (χ4v) is 4.12. The average Bonchev–Trinajstić information content (AvgIpc) is 2.89. The van der Waals surface area contributed by atoms with E-state index in [0.717, 1.165) is 5.69 Å². The highest BCUT2D eigenvalue weighted by molar-refractivity contribution is 5.94. The van der Waals surface area contributed by atoms with E-state index in [4.69, 9.17) is 4.74 Å². The summed E-state index contributed by atoms with van der Waals surface area (Å²) in [5.41, 5.74) is 1.48. The van der Waals surface area contributed by atoms with E-state index >= 15 is 0 Å². The molecule has 1 aliphatic rings. The monoisotopic (exact) mass is 520 g/mol. The van der Waals surface area contributed by atoms with Gasteiger partial charge >= 0.3 is 6.09 Å². The van der Waals surface area contributed by atoms with Gasteiger partial charge in [-0.3, -0.25) is 4.79 Å². The summed E-state index contributed by atoms with van der Waals surface area (Å²) >= 11 is 0. The van der Waals surface area contributed by atoms with E-state index in [2.05, 4.69) is 20.6 Å². The second-order valence-electron chi connectivity index (χ2n) is 10.2. The van der Waals surface area contributed by atoms with Crippen molar-refractivity contribution in [2.45, 2.75) is 45.3 Å². The van der Waals surface area contributed by atoms with Gasteiger partial charge in [0.05, 0.1) is 0 Å². The summed E-state index contributed by atoms with van der Waals surface area (Å²) in [4.78, 5) is 37.5. The van der Waals surface area contributed by atoms with E-state index in [0.29, 0.717) is 48.9 Å². The molecule has 200 valence electrons. The number of benzene rings is 2.